The molecule has 1 N–H and O–H groups in total. The quantitative estimate of drug-likeness (QED) is 0.462. The van der Waals surface area contributed by atoms with Gasteiger partial charge in [-0.25, -0.2) is 8.42 Å². The highest BCUT2D eigenvalue weighted by Gasteiger charge is 2.28. The molecule has 0 aromatic heterocycles. The van der Waals surface area contributed by atoms with Crippen molar-refractivity contribution in [1.29, 1.82) is 0 Å². The fourth-order valence-electron chi connectivity index (χ4n) is 3.46. The standard InChI is InChI=1S/C23H21IN2O4S/c24-18-7-9-19(10-8-18)25-23(27)16-30-20-11-13-21(14-12-20)31(28,29)26-15-3-5-17-4-1-2-6-22(17)26/h1-2,4,6-14H,3,5,15-16H2,(H,25,27). The van der Waals surface area contributed by atoms with E-state index in [4.69, 9.17) is 4.74 Å². The molecule has 0 fully saturated rings. The lowest BCUT2D eigenvalue weighted by Crippen LogP contribution is -2.35. The van der Waals surface area contributed by atoms with Crippen molar-refractivity contribution < 1.29 is 17.9 Å². The number of nitrogens with one attached hydrogen (secondary N) is 1. The van der Waals surface area contributed by atoms with Crippen LogP contribution >= 0.6 is 22.6 Å². The number of hydrogen-bond donors (Lipinski definition) is 1. The molecule has 3 aromatic carbocycles. The molecule has 0 spiro atoms. The summed E-state index contributed by atoms with van der Waals surface area (Å²) in [6.07, 6.45) is 1.66. The van der Waals surface area contributed by atoms with Crippen molar-refractivity contribution in [2.45, 2.75) is 17.7 Å². The number of benzene rings is 3. The largest absolute Gasteiger partial charge is 0.484 e. The first-order valence-electron chi connectivity index (χ1n) is 9.82. The number of aryl methyl sites for hydroxylation is 1. The summed E-state index contributed by atoms with van der Waals surface area (Å²) in [5.74, 6) is 0.138. The second-order valence-corrected chi connectivity index (χ2v) is 10.2. The van der Waals surface area contributed by atoms with Gasteiger partial charge in [-0.05, 0) is 95.6 Å². The Kier molecular flexibility index (Phi) is 6.47. The van der Waals surface area contributed by atoms with Gasteiger partial charge in [-0.1, -0.05) is 18.2 Å². The molecule has 0 saturated heterocycles. The molecule has 160 valence electrons. The fraction of sp³-hybridized carbons (Fsp3) is 0.174. The number of para-hydroxylation sites is 1. The molecule has 0 unspecified atom stereocenters. The first-order chi connectivity index (χ1) is 14.9. The number of hydrogen-bond acceptors (Lipinski definition) is 4. The normalized spacial score (nSPS) is 13.4. The molecule has 1 heterocycles. The Morgan fingerprint density at radius 1 is 1.00 bits per heavy atom. The zero-order valence-corrected chi connectivity index (χ0v) is 19.6. The van der Waals surface area contributed by atoms with Crippen LogP contribution in [0.4, 0.5) is 11.4 Å². The van der Waals surface area contributed by atoms with E-state index in [1.807, 2.05) is 48.5 Å². The number of amides is 1. The maximum absolute atomic E-state index is 13.2. The molecule has 8 heteroatoms. The van der Waals surface area contributed by atoms with Crippen LogP contribution in [0.5, 0.6) is 5.75 Å². The summed E-state index contributed by atoms with van der Waals surface area (Å²) in [6.45, 7) is 0.286. The molecule has 4 rings (SSSR count). The van der Waals surface area contributed by atoms with Gasteiger partial charge in [0.2, 0.25) is 0 Å². The Morgan fingerprint density at radius 3 is 2.45 bits per heavy atom. The number of sulfonamides is 1. The Labute approximate surface area is 195 Å². The minimum Gasteiger partial charge on any atom is -0.484 e. The van der Waals surface area contributed by atoms with Crippen molar-refractivity contribution in [2.75, 3.05) is 22.8 Å². The highest BCUT2D eigenvalue weighted by molar-refractivity contribution is 14.1. The Morgan fingerprint density at radius 2 is 1.71 bits per heavy atom. The van der Waals surface area contributed by atoms with E-state index in [1.54, 1.807) is 12.1 Å². The topological polar surface area (TPSA) is 75.7 Å². The van der Waals surface area contributed by atoms with Crippen molar-refractivity contribution in [3.63, 3.8) is 0 Å². The number of anilines is 2. The third-order valence-corrected chi connectivity index (χ3v) is 7.52. The van der Waals surface area contributed by atoms with Gasteiger partial charge in [-0.15, -0.1) is 0 Å². The van der Waals surface area contributed by atoms with Gasteiger partial charge >= 0.3 is 0 Å². The van der Waals surface area contributed by atoms with E-state index in [-0.39, 0.29) is 17.4 Å². The van der Waals surface area contributed by atoms with E-state index in [9.17, 15) is 13.2 Å². The minimum absolute atomic E-state index is 0.169. The van der Waals surface area contributed by atoms with Crippen molar-refractivity contribution in [3.8, 4) is 5.75 Å². The second-order valence-electron chi connectivity index (χ2n) is 7.12. The third-order valence-electron chi connectivity index (χ3n) is 4.98. The summed E-state index contributed by atoms with van der Waals surface area (Å²) in [4.78, 5) is 12.3. The molecular formula is C23H21IN2O4S. The van der Waals surface area contributed by atoms with Gasteiger partial charge in [0.05, 0.1) is 10.6 Å². The van der Waals surface area contributed by atoms with E-state index in [0.717, 1.165) is 27.7 Å². The maximum atomic E-state index is 13.2. The van der Waals surface area contributed by atoms with Crippen LogP contribution in [0.3, 0.4) is 0 Å². The van der Waals surface area contributed by atoms with Crippen molar-refractivity contribution in [1.82, 2.24) is 0 Å². The SMILES string of the molecule is O=C(COc1ccc(S(=O)(=O)N2CCCc3ccccc32)cc1)Nc1ccc(I)cc1. The summed E-state index contributed by atoms with van der Waals surface area (Å²) >= 11 is 2.19. The molecule has 0 radical (unpaired) electrons. The van der Waals surface area contributed by atoms with Crippen molar-refractivity contribution in [2.24, 2.45) is 0 Å². The monoisotopic (exact) mass is 548 g/mol. The molecule has 1 aliphatic heterocycles. The number of halogens is 1. The molecule has 1 amide bonds. The van der Waals surface area contributed by atoms with Crippen LogP contribution in [0.1, 0.15) is 12.0 Å². The minimum atomic E-state index is -3.67. The van der Waals surface area contributed by atoms with Crippen molar-refractivity contribution >= 4 is 49.9 Å². The molecule has 3 aromatic rings. The van der Waals surface area contributed by atoms with Crippen LogP contribution in [0.2, 0.25) is 0 Å². The third kappa shape index (κ3) is 5.01. The summed E-state index contributed by atoms with van der Waals surface area (Å²) in [7, 11) is -3.67. The lowest BCUT2D eigenvalue weighted by molar-refractivity contribution is -0.118. The molecule has 6 nitrogen and oxygen atoms in total. The molecule has 31 heavy (non-hydrogen) atoms. The first kappa shape index (κ1) is 21.6. The maximum Gasteiger partial charge on any atom is 0.264 e. The summed E-state index contributed by atoms with van der Waals surface area (Å²) < 4.78 is 34.4. The summed E-state index contributed by atoms with van der Waals surface area (Å²) in [5.41, 5.74) is 2.47. The van der Waals surface area contributed by atoms with E-state index < -0.39 is 10.0 Å². The zero-order valence-electron chi connectivity index (χ0n) is 16.6. The Hall–Kier alpha value is -2.59. The molecule has 1 aliphatic rings. The van der Waals surface area contributed by atoms with Crippen LogP contribution in [-0.4, -0.2) is 27.5 Å². The number of rotatable bonds is 6. The predicted molar refractivity (Wildman–Crippen MR) is 129 cm³/mol. The van der Waals surface area contributed by atoms with E-state index >= 15 is 0 Å². The van der Waals surface area contributed by atoms with Gasteiger partial charge in [-0.3, -0.25) is 9.10 Å². The average molecular weight is 548 g/mol. The van der Waals surface area contributed by atoms with E-state index in [1.165, 1.54) is 16.4 Å². The van der Waals surface area contributed by atoms with Crippen LogP contribution in [-0.2, 0) is 21.2 Å². The summed E-state index contributed by atoms with van der Waals surface area (Å²) in [6, 6.07) is 21.2. The van der Waals surface area contributed by atoms with E-state index in [0.29, 0.717) is 18.0 Å². The smallest absolute Gasteiger partial charge is 0.264 e. The Balaban J connectivity index is 1.41. The van der Waals surface area contributed by atoms with Gasteiger partial charge in [0.15, 0.2) is 6.61 Å². The molecule has 0 bridgehead atoms. The average Bonchev–Trinajstić information content (AvgIpc) is 2.79. The van der Waals surface area contributed by atoms with Gasteiger partial charge in [-0.2, -0.15) is 0 Å². The highest BCUT2D eigenvalue weighted by Crippen LogP contribution is 2.32. The van der Waals surface area contributed by atoms with Gasteiger partial charge in [0.25, 0.3) is 15.9 Å². The molecule has 0 atom stereocenters. The number of carbonyl (C=O) groups is 1. The number of ether oxygens (including phenoxy) is 1. The van der Waals surface area contributed by atoms with Crippen LogP contribution < -0.4 is 14.4 Å². The first-order valence-corrected chi connectivity index (χ1v) is 12.3. The van der Waals surface area contributed by atoms with Gasteiger partial charge in [0, 0.05) is 15.8 Å². The fourth-order valence-corrected chi connectivity index (χ4v) is 5.36. The molecule has 0 saturated carbocycles. The van der Waals surface area contributed by atoms with Gasteiger partial charge in [0.1, 0.15) is 5.75 Å². The summed E-state index contributed by atoms with van der Waals surface area (Å²) in [5, 5.41) is 2.76. The molecular weight excluding hydrogens is 527 g/mol. The highest BCUT2D eigenvalue weighted by atomic mass is 127. The Bertz CT molecular complexity index is 1180. The van der Waals surface area contributed by atoms with Crippen molar-refractivity contribution in [3.05, 3.63) is 81.9 Å². The van der Waals surface area contributed by atoms with E-state index in [2.05, 4.69) is 27.9 Å². The second kappa shape index (κ2) is 9.27. The van der Waals surface area contributed by atoms with Crippen LogP contribution in [0, 0.1) is 3.57 Å². The lowest BCUT2D eigenvalue weighted by atomic mass is 10.0. The number of carbonyl (C=O) groups excluding carboxylic acids is 1. The zero-order chi connectivity index (χ0) is 21.8. The molecule has 0 aliphatic carbocycles. The van der Waals surface area contributed by atoms with Gasteiger partial charge < -0.3 is 10.1 Å². The van der Waals surface area contributed by atoms with Crippen LogP contribution in [0.15, 0.2) is 77.7 Å². The van der Waals surface area contributed by atoms with Crippen LogP contribution in [0.25, 0.3) is 0 Å². The lowest BCUT2D eigenvalue weighted by Gasteiger charge is -2.30. The predicted octanol–water partition coefficient (Wildman–Crippen LogP) is 4.45. The number of fused-ring (bicyclic) bond motifs is 1. The number of nitrogens with zero attached hydrogens (tertiary/aromatic N) is 1.